The molecule has 5 N–H and O–H groups in total. The summed E-state index contributed by atoms with van der Waals surface area (Å²) in [6.07, 6.45) is 0.653. The Morgan fingerprint density at radius 1 is 1.30 bits per heavy atom. The fraction of sp³-hybridized carbons (Fsp3) is 0.158. The molecule has 0 atom stereocenters. The summed E-state index contributed by atoms with van der Waals surface area (Å²) in [5, 5.41) is 2.50. The maximum Gasteiger partial charge on any atom is 0.238 e. The van der Waals surface area contributed by atoms with Gasteiger partial charge in [0, 0.05) is 28.2 Å². The molecule has 3 aromatic rings. The van der Waals surface area contributed by atoms with Crippen molar-refractivity contribution in [3.05, 3.63) is 64.3 Å². The van der Waals surface area contributed by atoms with E-state index in [2.05, 4.69) is 9.99 Å². The van der Waals surface area contributed by atoms with Crippen LogP contribution in [0, 0.1) is 6.92 Å². The Morgan fingerprint density at radius 2 is 2.07 bits per heavy atom. The van der Waals surface area contributed by atoms with Crippen LogP contribution in [0.2, 0.25) is 5.02 Å². The van der Waals surface area contributed by atoms with Gasteiger partial charge in [-0.1, -0.05) is 23.7 Å². The van der Waals surface area contributed by atoms with Gasteiger partial charge < -0.3 is 4.57 Å². The van der Waals surface area contributed by atoms with Crippen LogP contribution < -0.4 is 22.1 Å². The molecular formula is C19H20ClN5O2. The lowest BCUT2D eigenvalue weighted by atomic mass is 10.1. The van der Waals surface area contributed by atoms with Crippen molar-refractivity contribution in [3.63, 3.8) is 0 Å². The third kappa shape index (κ3) is 3.80. The number of carbonyl (C=O) groups is 2. The Bertz CT molecular complexity index is 1010. The lowest BCUT2D eigenvalue weighted by Gasteiger charge is -2.11. The lowest BCUT2D eigenvalue weighted by molar-refractivity contribution is -0.120. The van der Waals surface area contributed by atoms with Crippen LogP contribution in [0.3, 0.4) is 0 Å². The summed E-state index contributed by atoms with van der Waals surface area (Å²) < 4.78 is 2.10. The third-order valence-corrected chi connectivity index (χ3v) is 4.81. The Labute approximate surface area is 161 Å². The number of rotatable bonds is 6. The molecular weight excluding hydrogens is 366 g/mol. The molecule has 0 unspecified atom stereocenters. The second-order valence-corrected chi connectivity index (χ2v) is 6.67. The van der Waals surface area contributed by atoms with Crippen LogP contribution in [0.25, 0.3) is 10.9 Å². The Balaban J connectivity index is 2.16. The number of hydrazine groups is 2. The summed E-state index contributed by atoms with van der Waals surface area (Å²) in [7, 11) is 0. The molecule has 140 valence electrons. The number of hydrogen-bond donors (Lipinski definition) is 3. The molecule has 3 rings (SSSR count). The number of hydrogen-bond acceptors (Lipinski definition) is 4. The molecule has 1 heterocycles. The number of fused-ring (bicyclic) bond motifs is 1. The topological polar surface area (TPSA) is 106 Å². The highest BCUT2D eigenvalue weighted by atomic mass is 35.5. The monoisotopic (exact) mass is 385 g/mol. The first-order chi connectivity index (χ1) is 12.9. The van der Waals surface area contributed by atoms with Gasteiger partial charge in [0.05, 0.1) is 12.1 Å². The van der Waals surface area contributed by atoms with E-state index in [1.165, 1.54) is 0 Å². The smallest absolute Gasteiger partial charge is 0.238 e. The molecule has 2 aromatic carbocycles. The van der Waals surface area contributed by atoms with Crippen LogP contribution in [0.5, 0.6) is 0 Å². The molecule has 0 aliphatic rings. The van der Waals surface area contributed by atoms with Gasteiger partial charge in [-0.25, -0.2) is 11.7 Å². The van der Waals surface area contributed by atoms with Gasteiger partial charge in [0.25, 0.3) is 0 Å². The van der Waals surface area contributed by atoms with Gasteiger partial charge in [-0.15, -0.1) is 0 Å². The maximum absolute atomic E-state index is 11.9. The minimum atomic E-state index is -0.301. The minimum Gasteiger partial charge on any atom is -0.340 e. The Kier molecular flexibility index (Phi) is 5.46. The zero-order chi connectivity index (χ0) is 19.6. The van der Waals surface area contributed by atoms with E-state index >= 15 is 0 Å². The molecule has 8 heteroatoms. The van der Waals surface area contributed by atoms with E-state index in [0.717, 1.165) is 32.7 Å². The van der Waals surface area contributed by atoms with Crippen molar-refractivity contribution in [2.75, 3.05) is 5.01 Å². The van der Waals surface area contributed by atoms with Gasteiger partial charge in [-0.2, -0.15) is 0 Å². The van der Waals surface area contributed by atoms with Gasteiger partial charge in [0.1, 0.15) is 0 Å². The van der Waals surface area contributed by atoms with Crippen LogP contribution in [0.1, 0.15) is 16.8 Å². The molecule has 7 nitrogen and oxygen atoms in total. The normalized spacial score (nSPS) is 10.8. The number of halogens is 1. The first-order valence-electron chi connectivity index (χ1n) is 8.29. The van der Waals surface area contributed by atoms with Gasteiger partial charge >= 0.3 is 0 Å². The number of nitrogens with one attached hydrogen (secondary N) is 1. The zero-order valence-corrected chi connectivity index (χ0v) is 15.5. The molecule has 0 fully saturated rings. The van der Waals surface area contributed by atoms with E-state index < -0.39 is 0 Å². The minimum absolute atomic E-state index is 0.122. The van der Waals surface area contributed by atoms with Gasteiger partial charge in [-0.3, -0.25) is 20.0 Å². The molecule has 0 aliphatic heterocycles. The van der Waals surface area contributed by atoms with Crippen LogP contribution in [0.15, 0.2) is 42.5 Å². The second-order valence-electron chi connectivity index (χ2n) is 6.24. The Morgan fingerprint density at radius 3 is 2.74 bits per heavy atom. The lowest BCUT2D eigenvalue weighted by Crippen LogP contribution is -2.31. The SMILES string of the molecule is Cc1c(CC(=O)NN)c2cc(N(N)C=O)ccc2n1Cc1cccc(Cl)c1. The van der Waals surface area contributed by atoms with Crippen LogP contribution in [-0.2, 0) is 22.6 Å². The van der Waals surface area contributed by atoms with E-state index in [0.29, 0.717) is 23.7 Å². The Hall–Kier alpha value is -2.87. The number of nitrogens with zero attached hydrogens (tertiary/aromatic N) is 2. The van der Waals surface area contributed by atoms with E-state index in [-0.39, 0.29) is 12.3 Å². The summed E-state index contributed by atoms with van der Waals surface area (Å²) in [6, 6.07) is 13.1. The van der Waals surface area contributed by atoms with Crippen molar-refractivity contribution in [2.45, 2.75) is 19.9 Å². The van der Waals surface area contributed by atoms with Crippen molar-refractivity contribution in [2.24, 2.45) is 11.7 Å². The number of carbonyl (C=O) groups excluding carboxylic acids is 2. The predicted molar refractivity (Wildman–Crippen MR) is 106 cm³/mol. The third-order valence-electron chi connectivity index (χ3n) is 4.58. The van der Waals surface area contributed by atoms with E-state index in [9.17, 15) is 9.59 Å². The van der Waals surface area contributed by atoms with Crippen molar-refractivity contribution >= 4 is 40.5 Å². The summed E-state index contributed by atoms with van der Waals surface area (Å²) in [5.41, 5.74) is 6.42. The fourth-order valence-electron chi connectivity index (χ4n) is 3.22. The average Bonchev–Trinajstić information content (AvgIpc) is 2.92. The molecule has 27 heavy (non-hydrogen) atoms. The molecule has 1 aromatic heterocycles. The first kappa shape index (κ1) is 18.9. The number of aromatic nitrogens is 1. The van der Waals surface area contributed by atoms with Gasteiger partial charge in [0.15, 0.2) is 0 Å². The molecule has 2 amide bonds. The number of amides is 2. The highest BCUT2D eigenvalue weighted by molar-refractivity contribution is 6.30. The standard InChI is InChI=1S/C19H20ClN5O2/c1-12-16(9-19(27)23-21)17-8-15(25(22)11-26)5-6-18(17)24(12)10-13-3-2-4-14(20)7-13/h2-8,11H,9-10,21-22H2,1H3,(H,23,27). The van der Waals surface area contributed by atoms with E-state index in [1.807, 2.05) is 37.3 Å². The summed E-state index contributed by atoms with van der Waals surface area (Å²) in [5.74, 6) is 10.7. The van der Waals surface area contributed by atoms with Crippen LogP contribution in [-0.4, -0.2) is 16.9 Å². The molecule has 0 bridgehead atoms. The van der Waals surface area contributed by atoms with Gasteiger partial charge in [-0.05, 0) is 48.4 Å². The highest BCUT2D eigenvalue weighted by Crippen LogP contribution is 2.30. The van der Waals surface area contributed by atoms with Crippen LogP contribution >= 0.6 is 11.6 Å². The van der Waals surface area contributed by atoms with Crippen molar-refractivity contribution in [1.29, 1.82) is 0 Å². The zero-order valence-electron chi connectivity index (χ0n) is 14.8. The summed E-state index contributed by atoms with van der Waals surface area (Å²) in [4.78, 5) is 22.9. The van der Waals surface area contributed by atoms with Crippen LogP contribution in [0.4, 0.5) is 5.69 Å². The fourth-order valence-corrected chi connectivity index (χ4v) is 3.43. The molecule has 0 aliphatic carbocycles. The molecule has 0 spiro atoms. The number of anilines is 1. The molecule has 0 radical (unpaired) electrons. The number of nitrogens with two attached hydrogens (primary N) is 2. The largest absolute Gasteiger partial charge is 0.340 e. The summed E-state index contributed by atoms with van der Waals surface area (Å²) in [6.45, 7) is 2.54. The van der Waals surface area contributed by atoms with Crippen molar-refractivity contribution < 1.29 is 9.59 Å². The van der Waals surface area contributed by atoms with E-state index in [1.54, 1.807) is 12.1 Å². The first-order valence-corrected chi connectivity index (χ1v) is 8.67. The second kappa shape index (κ2) is 7.79. The highest BCUT2D eigenvalue weighted by Gasteiger charge is 2.18. The van der Waals surface area contributed by atoms with Crippen molar-refractivity contribution in [1.82, 2.24) is 9.99 Å². The molecule has 0 saturated heterocycles. The quantitative estimate of drug-likeness (QED) is 0.261. The maximum atomic E-state index is 11.9. The predicted octanol–water partition coefficient (Wildman–Crippen LogP) is 2.02. The summed E-state index contributed by atoms with van der Waals surface area (Å²) >= 11 is 6.10. The van der Waals surface area contributed by atoms with E-state index in [4.69, 9.17) is 23.3 Å². The van der Waals surface area contributed by atoms with Gasteiger partial charge in [0.2, 0.25) is 12.3 Å². The molecule has 0 saturated carbocycles. The number of benzene rings is 2. The average molecular weight is 386 g/mol. The van der Waals surface area contributed by atoms with Crippen molar-refractivity contribution in [3.8, 4) is 0 Å².